The Bertz CT molecular complexity index is 665. The number of nitrogens with zero attached hydrogens (tertiary/aromatic N) is 1. The molecule has 0 aliphatic carbocycles. The number of likely N-dealkylation sites (N-methyl/N-ethyl adjacent to an activating group) is 1. The van der Waals surface area contributed by atoms with Crippen molar-refractivity contribution in [1.29, 1.82) is 0 Å². The minimum Gasteiger partial charge on any atom is -0.491 e. The maximum atomic E-state index is 11.7. The van der Waals surface area contributed by atoms with Crippen LogP contribution >= 0.6 is 0 Å². The van der Waals surface area contributed by atoms with E-state index in [1.807, 2.05) is 13.8 Å². The van der Waals surface area contributed by atoms with E-state index in [1.165, 1.54) is 0 Å². The van der Waals surface area contributed by atoms with Crippen LogP contribution in [-0.4, -0.2) is 72.7 Å². The second-order valence-corrected chi connectivity index (χ2v) is 9.90. The smallest absolute Gasteiger partial charge is 0.229 e. The van der Waals surface area contributed by atoms with Crippen molar-refractivity contribution in [1.82, 2.24) is 4.90 Å². The molecule has 7 nitrogen and oxygen atoms in total. The maximum Gasteiger partial charge on any atom is 0.229 e. The van der Waals surface area contributed by atoms with Crippen LogP contribution in [0.25, 0.3) is 0 Å². The van der Waals surface area contributed by atoms with Crippen LogP contribution in [-0.2, 0) is 20.8 Å². The topological polar surface area (TPSA) is 95.9 Å². The summed E-state index contributed by atoms with van der Waals surface area (Å²) in [7, 11) is -4.05. The molecule has 2 unspecified atom stereocenters. The Kier molecular flexibility index (Phi) is 10.9. The molecule has 1 aromatic rings. The zero-order valence-corrected chi connectivity index (χ0v) is 18.0. The van der Waals surface area contributed by atoms with Crippen LogP contribution in [0.3, 0.4) is 0 Å². The van der Waals surface area contributed by atoms with Gasteiger partial charge in [0.1, 0.15) is 18.5 Å². The van der Waals surface area contributed by atoms with Crippen molar-refractivity contribution in [2.75, 3.05) is 48.7 Å². The molecule has 0 saturated carbocycles. The second kappa shape index (κ2) is 12.3. The van der Waals surface area contributed by atoms with Crippen LogP contribution in [0.5, 0.6) is 5.75 Å². The summed E-state index contributed by atoms with van der Waals surface area (Å²) in [5.41, 5.74) is 0.461. The van der Waals surface area contributed by atoms with Crippen molar-refractivity contribution in [3.05, 3.63) is 24.3 Å². The van der Waals surface area contributed by atoms with E-state index in [1.54, 1.807) is 24.3 Å². The van der Waals surface area contributed by atoms with Gasteiger partial charge in [0.25, 0.3) is 0 Å². The average molecular weight is 421 g/mol. The summed E-state index contributed by atoms with van der Waals surface area (Å²) in [5.74, 6) is 2.01. The van der Waals surface area contributed by atoms with Gasteiger partial charge in [-0.15, -0.1) is 0 Å². The van der Waals surface area contributed by atoms with Gasteiger partial charge >= 0.3 is 0 Å². The molecule has 0 radical (unpaired) electrons. The molecule has 2 N–H and O–H groups in total. The number of anilines is 1. The minimum absolute atomic E-state index is 0.150. The molecular weight excluding hydrogens is 388 g/mol. The summed E-state index contributed by atoms with van der Waals surface area (Å²) in [5, 5.41) is 10.2. The molecule has 0 aliphatic rings. The van der Waals surface area contributed by atoms with E-state index in [0.717, 1.165) is 37.9 Å². The van der Waals surface area contributed by atoms with Crippen molar-refractivity contribution in [2.24, 2.45) is 0 Å². The first-order valence-corrected chi connectivity index (χ1v) is 12.6. The third-order valence-corrected chi connectivity index (χ3v) is 6.01. The summed E-state index contributed by atoms with van der Waals surface area (Å²) in [6, 6.07) is 6.52. The highest BCUT2D eigenvalue weighted by atomic mass is 32.2. The highest BCUT2D eigenvalue weighted by molar-refractivity contribution is 7.92. The van der Waals surface area contributed by atoms with E-state index < -0.39 is 26.9 Å². The lowest BCUT2D eigenvalue weighted by atomic mass is 10.3. The summed E-state index contributed by atoms with van der Waals surface area (Å²) in [6.07, 6.45) is 2.24. The number of benzene rings is 1. The highest BCUT2D eigenvalue weighted by Crippen LogP contribution is 2.16. The van der Waals surface area contributed by atoms with Gasteiger partial charge in [0.05, 0.1) is 6.26 Å². The Balaban J connectivity index is 2.35. The molecule has 156 valence electrons. The summed E-state index contributed by atoms with van der Waals surface area (Å²) in [4.78, 5) is 2.12. The number of rotatable bonds is 14. The number of ether oxygens (including phenoxy) is 1. The predicted octanol–water partition coefficient (Wildman–Crippen LogP) is 1.67. The van der Waals surface area contributed by atoms with Crippen molar-refractivity contribution in [2.45, 2.75) is 32.8 Å². The molecule has 1 rings (SSSR count). The molecule has 1 aromatic carbocycles. The average Bonchev–Trinajstić information content (AvgIpc) is 2.59. The SMILES string of the molecule is CCCS(=O)CCCN(CC)CC(O)COc1ccc(NS(C)(=O)=O)cc1. The quantitative estimate of drug-likeness (QED) is 0.475. The van der Waals surface area contributed by atoms with Gasteiger partial charge in [-0.1, -0.05) is 13.8 Å². The van der Waals surface area contributed by atoms with Gasteiger partial charge in [0.2, 0.25) is 10.0 Å². The third kappa shape index (κ3) is 11.3. The molecule has 0 aromatic heterocycles. The van der Waals surface area contributed by atoms with Crippen LogP contribution in [0, 0.1) is 0 Å². The fourth-order valence-electron chi connectivity index (χ4n) is 2.53. The lowest BCUT2D eigenvalue weighted by molar-refractivity contribution is 0.0700. The number of hydrogen-bond acceptors (Lipinski definition) is 6. The molecule has 0 spiro atoms. The van der Waals surface area contributed by atoms with Crippen molar-refractivity contribution in [3.8, 4) is 5.75 Å². The van der Waals surface area contributed by atoms with Gasteiger partial charge in [-0.05, 0) is 50.2 Å². The van der Waals surface area contributed by atoms with E-state index in [4.69, 9.17) is 4.74 Å². The third-order valence-electron chi connectivity index (χ3n) is 3.79. The predicted molar refractivity (Wildman–Crippen MR) is 111 cm³/mol. The van der Waals surface area contributed by atoms with Gasteiger partial charge in [0, 0.05) is 34.5 Å². The summed E-state index contributed by atoms with van der Waals surface area (Å²) < 4.78 is 42.0. The highest BCUT2D eigenvalue weighted by Gasteiger charge is 2.12. The van der Waals surface area contributed by atoms with Crippen molar-refractivity contribution >= 4 is 26.5 Å². The van der Waals surface area contributed by atoms with E-state index in [9.17, 15) is 17.7 Å². The molecule has 9 heteroatoms. The van der Waals surface area contributed by atoms with Crippen LogP contribution in [0.1, 0.15) is 26.7 Å². The normalized spacial score (nSPS) is 14.1. The molecule has 0 bridgehead atoms. The van der Waals surface area contributed by atoms with Crippen molar-refractivity contribution < 1.29 is 22.5 Å². The minimum atomic E-state index is -3.30. The van der Waals surface area contributed by atoms with E-state index >= 15 is 0 Å². The van der Waals surface area contributed by atoms with Crippen LogP contribution in [0.2, 0.25) is 0 Å². The number of aliphatic hydroxyl groups excluding tert-OH is 1. The Morgan fingerprint density at radius 3 is 2.44 bits per heavy atom. The molecule has 0 saturated heterocycles. The van der Waals surface area contributed by atoms with Gasteiger partial charge in [0.15, 0.2) is 0 Å². The molecular formula is C18H32N2O5S2. The molecule has 0 heterocycles. The fraction of sp³-hybridized carbons (Fsp3) is 0.667. The first kappa shape index (κ1) is 23.9. The Morgan fingerprint density at radius 1 is 1.22 bits per heavy atom. The fourth-order valence-corrected chi connectivity index (χ4v) is 4.21. The number of hydrogen-bond donors (Lipinski definition) is 2. The lowest BCUT2D eigenvalue weighted by Gasteiger charge is -2.23. The second-order valence-electron chi connectivity index (χ2n) is 6.46. The lowest BCUT2D eigenvalue weighted by Crippen LogP contribution is -2.36. The summed E-state index contributed by atoms with van der Waals surface area (Å²) >= 11 is 0. The number of nitrogens with one attached hydrogen (secondary N) is 1. The zero-order valence-electron chi connectivity index (χ0n) is 16.4. The molecule has 27 heavy (non-hydrogen) atoms. The van der Waals surface area contributed by atoms with E-state index in [2.05, 4.69) is 9.62 Å². The molecule has 0 aliphatic heterocycles. The first-order chi connectivity index (χ1) is 12.7. The summed E-state index contributed by atoms with van der Waals surface area (Å²) in [6.45, 7) is 6.31. The monoisotopic (exact) mass is 420 g/mol. The Labute approximate surface area is 165 Å². The van der Waals surface area contributed by atoms with Crippen LogP contribution in [0.4, 0.5) is 5.69 Å². The van der Waals surface area contributed by atoms with E-state index in [-0.39, 0.29) is 6.61 Å². The van der Waals surface area contributed by atoms with Crippen LogP contribution in [0.15, 0.2) is 24.3 Å². The van der Waals surface area contributed by atoms with Crippen molar-refractivity contribution in [3.63, 3.8) is 0 Å². The molecule has 2 atom stereocenters. The largest absolute Gasteiger partial charge is 0.491 e. The van der Waals surface area contributed by atoms with Crippen LogP contribution < -0.4 is 9.46 Å². The Morgan fingerprint density at radius 2 is 1.89 bits per heavy atom. The first-order valence-electron chi connectivity index (χ1n) is 9.19. The Hall–Kier alpha value is -1.16. The molecule has 0 fully saturated rings. The zero-order chi connectivity index (χ0) is 20.3. The van der Waals surface area contributed by atoms with Gasteiger partial charge in [-0.3, -0.25) is 8.93 Å². The van der Waals surface area contributed by atoms with Gasteiger partial charge in [-0.25, -0.2) is 8.42 Å². The standard InChI is InChI=1S/C18H32N2O5S2/c1-4-12-26(22)13-6-11-20(5-2)14-17(21)15-25-18-9-7-16(8-10-18)19-27(3,23)24/h7-10,17,19,21H,4-6,11-15H2,1-3H3. The van der Waals surface area contributed by atoms with E-state index in [0.29, 0.717) is 23.7 Å². The van der Waals surface area contributed by atoms with Gasteiger partial charge in [-0.2, -0.15) is 0 Å². The number of sulfonamides is 1. The van der Waals surface area contributed by atoms with Gasteiger partial charge < -0.3 is 14.7 Å². The molecule has 0 amide bonds. The number of aliphatic hydroxyl groups is 1. The maximum absolute atomic E-state index is 11.7.